The maximum atomic E-state index is 12.9. The highest BCUT2D eigenvalue weighted by atomic mass is 127. The number of rotatable bonds is 6. The van der Waals surface area contributed by atoms with Crippen LogP contribution in [-0.2, 0) is 11.3 Å². The fraction of sp³-hybridized carbons (Fsp3) is 0.545. The van der Waals surface area contributed by atoms with Gasteiger partial charge in [-0.15, -0.1) is 13.2 Å². The number of para-hydroxylation sites is 1. The summed E-state index contributed by atoms with van der Waals surface area (Å²) in [4.78, 5) is 2.09. The number of amidine groups is 1. The number of thioether (sulfide) groups is 1. The van der Waals surface area contributed by atoms with Crippen LogP contribution < -0.4 is 4.74 Å². The van der Waals surface area contributed by atoms with Crippen molar-refractivity contribution in [3.05, 3.63) is 35.6 Å². The highest BCUT2D eigenvalue weighted by Crippen LogP contribution is 2.46. The first-order valence-electron chi connectivity index (χ1n) is 10.7. The average molecular weight is 595 g/mol. The molecule has 0 unspecified atom stereocenters. The lowest BCUT2D eigenvalue weighted by atomic mass is 10.0. The molecule has 11 heteroatoms. The Morgan fingerprint density at radius 3 is 2.67 bits per heavy atom. The molecule has 1 saturated carbocycles. The van der Waals surface area contributed by atoms with Gasteiger partial charge in [0.15, 0.2) is 5.17 Å². The van der Waals surface area contributed by atoms with E-state index in [1.54, 1.807) is 12.1 Å². The van der Waals surface area contributed by atoms with E-state index in [4.69, 9.17) is 14.7 Å². The van der Waals surface area contributed by atoms with E-state index in [-0.39, 0.29) is 40.0 Å². The van der Waals surface area contributed by atoms with Gasteiger partial charge in [0.05, 0.1) is 16.8 Å². The molecule has 2 heterocycles. The molecule has 180 valence electrons. The second-order valence-corrected chi connectivity index (χ2v) is 10.5. The summed E-state index contributed by atoms with van der Waals surface area (Å²) in [5.41, 5.74) is 1.25. The van der Waals surface area contributed by atoms with Gasteiger partial charge in [-0.25, -0.2) is 0 Å². The van der Waals surface area contributed by atoms with Crippen LogP contribution in [0.4, 0.5) is 13.2 Å². The number of nitrogens with zero attached hydrogens (tertiary/aromatic N) is 2. The Balaban J connectivity index is 1.55. The average Bonchev–Trinajstić information content (AvgIpc) is 3.50. The molecule has 2 aliphatic rings. The number of aromatic nitrogens is 1. The zero-order chi connectivity index (χ0) is 23.8. The van der Waals surface area contributed by atoms with Gasteiger partial charge >= 0.3 is 6.36 Å². The van der Waals surface area contributed by atoms with Gasteiger partial charge in [-0.1, -0.05) is 51.6 Å². The van der Waals surface area contributed by atoms with E-state index in [1.165, 1.54) is 23.9 Å². The largest absolute Gasteiger partial charge is 0.573 e. The summed E-state index contributed by atoms with van der Waals surface area (Å²) in [6.07, 6.45) is 0.489. The molecule has 3 atom stereocenters. The molecular formula is C22H25F3IN3O3S. The Hall–Kier alpha value is -1.47. The topological polar surface area (TPSA) is 71.6 Å². The van der Waals surface area contributed by atoms with Gasteiger partial charge in [-0.05, 0) is 44.6 Å². The standard InChI is InChI=1S/C22H25F3IN3O3S/c1-12-9-14(10-18(26)29(12)21(27)33-2)30-11-16-19(28-32-20(16)13-7-8-13)15-5-3-4-6-17(15)31-22(23,24)25/h3-6,12-14,18,27H,7-11H2,1-2H3/t12-,14+,18-/m1/s1. The lowest BCUT2D eigenvalue weighted by Gasteiger charge is -2.42. The Labute approximate surface area is 208 Å². The third kappa shape index (κ3) is 5.79. The molecule has 1 aromatic heterocycles. The smallest absolute Gasteiger partial charge is 0.405 e. The second kappa shape index (κ2) is 10.0. The maximum Gasteiger partial charge on any atom is 0.573 e. The summed E-state index contributed by atoms with van der Waals surface area (Å²) in [6, 6.07) is 6.11. The van der Waals surface area contributed by atoms with Crippen LogP contribution in [0.5, 0.6) is 5.75 Å². The van der Waals surface area contributed by atoms with Gasteiger partial charge in [-0.2, -0.15) is 0 Å². The molecule has 2 aromatic rings. The van der Waals surface area contributed by atoms with Crippen LogP contribution in [0.1, 0.15) is 49.8 Å². The Morgan fingerprint density at radius 2 is 2.03 bits per heavy atom. The normalized spacial score (nSPS) is 23.6. The summed E-state index contributed by atoms with van der Waals surface area (Å²) in [5.74, 6) is 0.597. The van der Waals surface area contributed by atoms with E-state index in [1.807, 2.05) is 6.26 Å². The van der Waals surface area contributed by atoms with Crippen LogP contribution in [-0.4, -0.2) is 44.0 Å². The van der Waals surface area contributed by atoms with Gasteiger partial charge in [0, 0.05) is 29.5 Å². The van der Waals surface area contributed by atoms with Crippen LogP contribution >= 0.6 is 34.4 Å². The SMILES string of the molecule is CSC(=N)N1[C@H](C)C[C@H](OCc2c(-c3ccccc3OC(F)(F)F)noc2C2CC2)C[C@@H]1I. The number of hydrogen-bond acceptors (Lipinski definition) is 6. The molecule has 6 nitrogen and oxygen atoms in total. The number of piperidine rings is 1. The van der Waals surface area contributed by atoms with E-state index in [9.17, 15) is 13.2 Å². The second-order valence-electron chi connectivity index (χ2n) is 8.30. The van der Waals surface area contributed by atoms with Crippen LogP contribution in [0.3, 0.4) is 0 Å². The Kier molecular flexibility index (Phi) is 7.49. The molecule has 0 bridgehead atoms. The van der Waals surface area contributed by atoms with Crippen molar-refractivity contribution in [2.24, 2.45) is 0 Å². The Morgan fingerprint density at radius 1 is 1.30 bits per heavy atom. The van der Waals surface area contributed by atoms with E-state index in [2.05, 4.69) is 44.3 Å². The molecule has 0 amide bonds. The fourth-order valence-electron chi connectivity index (χ4n) is 4.18. The molecule has 1 aromatic carbocycles. The van der Waals surface area contributed by atoms with Crippen molar-refractivity contribution >= 4 is 39.5 Å². The van der Waals surface area contributed by atoms with Crippen LogP contribution in [0.2, 0.25) is 0 Å². The number of halogens is 4. The molecule has 4 rings (SSSR count). The molecule has 0 spiro atoms. The van der Waals surface area contributed by atoms with E-state index in [0.29, 0.717) is 22.2 Å². The van der Waals surface area contributed by atoms with Gasteiger partial charge in [0.2, 0.25) is 0 Å². The minimum absolute atomic E-state index is 0.0377. The van der Waals surface area contributed by atoms with Crippen molar-refractivity contribution in [3.8, 4) is 17.0 Å². The monoisotopic (exact) mass is 595 g/mol. The van der Waals surface area contributed by atoms with Crippen molar-refractivity contribution < 1.29 is 27.2 Å². The molecule has 1 saturated heterocycles. The lowest BCUT2D eigenvalue weighted by Crippen LogP contribution is -2.49. The van der Waals surface area contributed by atoms with Crippen molar-refractivity contribution in [2.75, 3.05) is 6.26 Å². The number of hydrogen-bond donors (Lipinski definition) is 1. The number of ether oxygens (including phenoxy) is 2. The first-order chi connectivity index (χ1) is 15.7. The third-order valence-electron chi connectivity index (χ3n) is 5.86. The fourth-order valence-corrected chi connectivity index (χ4v) is 6.28. The highest BCUT2D eigenvalue weighted by Gasteiger charge is 2.37. The van der Waals surface area contributed by atoms with Crippen LogP contribution in [0.15, 0.2) is 28.8 Å². The summed E-state index contributed by atoms with van der Waals surface area (Å²) < 4.78 is 55.1. The molecule has 1 N–H and O–H groups in total. The quantitative estimate of drug-likeness (QED) is 0.134. The molecule has 33 heavy (non-hydrogen) atoms. The lowest BCUT2D eigenvalue weighted by molar-refractivity contribution is -0.274. The Bertz CT molecular complexity index is 987. The minimum Gasteiger partial charge on any atom is -0.405 e. The summed E-state index contributed by atoms with van der Waals surface area (Å²) in [6.45, 7) is 2.28. The summed E-state index contributed by atoms with van der Waals surface area (Å²) >= 11 is 3.76. The first kappa shape index (κ1) is 24.6. The molecule has 2 fully saturated rings. The van der Waals surface area contributed by atoms with E-state index < -0.39 is 6.36 Å². The van der Waals surface area contributed by atoms with E-state index in [0.717, 1.165) is 25.7 Å². The minimum atomic E-state index is -4.81. The van der Waals surface area contributed by atoms with Gasteiger partial charge in [0.25, 0.3) is 0 Å². The van der Waals surface area contributed by atoms with Crippen molar-refractivity contribution in [2.45, 2.75) is 67.7 Å². The van der Waals surface area contributed by atoms with Crippen LogP contribution in [0.25, 0.3) is 11.3 Å². The number of likely N-dealkylation sites (tertiary alicyclic amines) is 1. The third-order valence-corrected chi connectivity index (χ3v) is 7.57. The number of alkyl halides is 4. The molecule has 1 aliphatic heterocycles. The summed E-state index contributed by atoms with van der Waals surface area (Å²) in [7, 11) is 0. The zero-order valence-corrected chi connectivity index (χ0v) is 21.2. The highest BCUT2D eigenvalue weighted by molar-refractivity contribution is 14.1. The van der Waals surface area contributed by atoms with Gasteiger partial charge in [0.1, 0.15) is 17.2 Å². The van der Waals surface area contributed by atoms with Gasteiger partial charge in [-0.3, -0.25) is 5.41 Å². The predicted molar refractivity (Wildman–Crippen MR) is 129 cm³/mol. The molecular weight excluding hydrogens is 570 g/mol. The first-order valence-corrected chi connectivity index (χ1v) is 13.1. The van der Waals surface area contributed by atoms with Crippen molar-refractivity contribution in [1.29, 1.82) is 5.41 Å². The number of benzene rings is 1. The zero-order valence-electron chi connectivity index (χ0n) is 18.2. The van der Waals surface area contributed by atoms with Crippen molar-refractivity contribution in [1.82, 2.24) is 10.1 Å². The van der Waals surface area contributed by atoms with Crippen LogP contribution in [0, 0.1) is 5.41 Å². The number of nitrogens with one attached hydrogen (secondary N) is 1. The predicted octanol–water partition coefficient (Wildman–Crippen LogP) is 6.55. The maximum absolute atomic E-state index is 12.9. The van der Waals surface area contributed by atoms with Crippen molar-refractivity contribution in [3.63, 3.8) is 0 Å². The van der Waals surface area contributed by atoms with Gasteiger partial charge < -0.3 is 18.9 Å². The molecule has 0 radical (unpaired) electrons. The molecule has 1 aliphatic carbocycles. The summed E-state index contributed by atoms with van der Waals surface area (Å²) in [5, 5.41) is 12.9. The van der Waals surface area contributed by atoms with E-state index >= 15 is 0 Å².